The molecular weight excluding hydrogens is 382 g/mol. The highest BCUT2D eigenvalue weighted by Crippen LogP contribution is 2.22. The molecule has 8 nitrogen and oxygen atoms in total. The van der Waals surface area contributed by atoms with Gasteiger partial charge in [0.2, 0.25) is 5.91 Å². The maximum absolute atomic E-state index is 12.7. The maximum Gasteiger partial charge on any atom is 0.273 e. The number of rotatable bonds is 8. The van der Waals surface area contributed by atoms with Crippen molar-refractivity contribution in [3.05, 3.63) is 41.7 Å². The smallest absolute Gasteiger partial charge is 0.273 e. The minimum absolute atomic E-state index is 0.0443. The van der Waals surface area contributed by atoms with E-state index in [0.717, 1.165) is 30.7 Å². The van der Waals surface area contributed by atoms with Crippen molar-refractivity contribution < 1.29 is 14.3 Å². The fourth-order valence-corrected chi connectivity index (χ4v) is 3.55. The van der Waals surface area contributed by atoms with Gasteiger partial charge in [0.1, 0.15) is 5.75 Å². The quantitative estimate of drug-likeness (QED) is 0.718. The van der Waals surface area contributed by atoms with E-state index in [2.05, 4.69) is 15.6 Å². The molecule has 1 aliphatic heterocycles. The summed E-state index contributed by atoms with van der Waals surface area (Å²) in [5.41, 5.74) is 1.43. The number of aryl methyl sites for hydroxylation is 1. The van der Waals surface area contributed by atoms with E-state index >= 15 is 0 Å². The van der Waals surface area contributed by atoms with Crippen LogP contribution < -0.4 is 10.1 Å². The van der Waals surface area contributed by atoms with Crippen LogP contribution in [0.2, 0.25) is 0 Å². The molecule has 162 valence electrons. The minimum atomic E-state index is -0.210. The lowest BCUT2D eigenvalue weighted by molar-refractivity contribution is -0.132. The fraction of sp³-hybridized carbons (Fsp3) is 0.545. The highest BCUT2D eigenvalue weighted by Gasteiger charge is 2.26. The van der Waals surface area contributed by atoms with Crippen LogP contribution in [0.25, 0.3) is 0 Å². The Morgan fingerprint density at radius 1 is 1.27 bits per heavy atom. The molecule has 1 N–H and O–H groups in total. The van der Waals surface area contributed by atoms with Gasteiger partial charge in [-0.25, -0.2) is 4.68 Å². The number of nitrogens with zero attached hydrogens (tertiary/aromatic N) is 4. The number of benzene rings is 1. The van der Waals surface area contributed by atoms with Crippen molar-refractivity contribution in [2.45, 2.75) is 45.6 Å². The van der Waals surface area contributed by atoms with Crippen molar-refractivity contribution in [1.29, 1.82) is 0 Å². The zero-order valence-corrected chi connectivity index (χ0v) is 18.0. The highest BCUT2D eigenvalue weighted by molar-refractivity contribution is 5.91. The first-order chi connectivity index (χ1) is 14.5. The summed E-state index contributed by atoms with van der Waals surface area (Å²) in [6.45, 7) is 6.04. The second-order valence-corrected chi connectivity index (χ2v) is 8.17. The highest BCUT2D eigenvalue weighted by atomic mass is 16.5. The Bertz CT molecular complexity index is 847. The molecule has 2 heterocycles. The van der Waals surface area contributed by atoms with Crippen LogP contribution in [0.4, 0.5) is 0 Å². The van der Waals surface area contributed by atoms with Gasteiger partial charge in [-0.15, -0.1) is 5.10 Å². The Hall–Kier alpha value is -2.90. The summed E-state index contributed by atoms with van der Waals surface area (Å²) in [5.74, 6) is 1.12. The Kier molecular flexibility index (Phi) is 7.43. The average molecular weight is 414 g/mol. The summed E-state index contributed by atoms with van der Waals surface area (Å²) in [5, 5.41) is 11.0. The summed E-state index contributed by atoms with van der Waals surface area (Å²) in [6.07, 6.45) is 4.69. The first kappa shape index (κ1) is 21.8. The monoisotopic (exact) mass is 413 g/mol. The predicted octanol–water partition coefficient (Wildman–Crippen LogP) is 2.47. The fourth-order valence-electron chi connectivity index (χ4n) is 3.55. The minimum Gasteiger partial charge on any atom is -0.497 e. The normalized spacial score (nSPS) is 16.5. The van der Waals surface area contributed by atoms with Gasteiger partial charge in [-0.2, -0.15) is 0 Å². The summed E-state index contributed by atoms with van der Waals surface area (Å²) in [7, 11) is 1.64. The van der Waals surface area contributed by atoms with E-state index in [1.54, 1.807) is 18.0 Å². The molecule has 2 amide bonds. The largest absolute Gasteiger partial charge is 0.497 e. The number of hydrogen-bond donors (Lipinski definition) is 1. The molecule has 0 unspecified atom stereocenters. The van der Waals surface area contributed by atoms with E-state index in [1.165, 1.54) is 0 Å². The number of aromatic nitrogens is 3. The van der Waals surface area contributed by atoms with Gasteiger partial charge in [0.25, 0.3) is 5.91 Å². The molecule has 8 heteroatoms. The third-order valence-electron chi connectivity index (χ3n) is 5.32. The molecule has 1 atom stereocenters. The third-order valence-corrected chi connectivity index (χ3v) is 5.32. The Morgan fingerprint density at radius 2 is 2.03 bits per heavy atom. The summed E-state index contributed by atoms with van der Waals surface area (Å²) >= 11 is 0. The Labute approximate surface area is 177 Å². The van der Waals surface area contributed by atoms with E-state index in [9.17, 15) is 9.59 Å². The van der Waals surface area contributed by atoms with Gasteiger partial charge < -0.3 is 15.0 Å². The molecule has 0 spiro atoms. The molecule has 0 bridgehead atoms. The molecule has 1 aliphatic rings. The van der Waals surface area contributed by atoms with Gasteiger partial charge in [-0.3, -0.25) is 9.59 Å². The van der Waals surface area contributed by atoms with Crippen molar-refractivity contribution in [2.24, 2.45) is 5.92 Å². The number of ether oxygens (including phenoxy) is 1. The van der Waals surface area contributed by atoms with Crippen molar-refractivity contribution in [3.8, 4) is 5.75 Å². The molecule has 1 aromatic heterocycles. The molecule has 3 rings (SSSR count). The van der Waals surface area contributed by atoms with Crippen LogP contribution in [0.3, 0.4) is 0 Å². The SMILES string of the molecule is COc1ccc(CCC(=O)N2CCC[C@H](n3cc(C(=O)NCC(C)C)nn3)C2)cc1. The van der Waals surface area contributed by atoms with Crippen LogP contribution in [0.15, 0.2) is 30.5 Å². The van der Waals surface area contributed by atoms with Crippen LogP contribution in [0, 0.1) is 5.92 Å². The number of piperidine rings is 1. The molecule has 1 aromatic carbocycles. The number of amides is 2. The third kappa shape index (κ3) is 5.81. The number of carbonyl (C=O) groups is 2. The van der Waals surface area contributed by atoms with Crippen LogP contribution in [-0.4, -0.2) is 58.5 Å². The molecule has 0 radical (unpaired) electrons. The number of carbonyl (C=O) groups excluding carboxylic acids is 2. The maximum atomic E-state index is 12.7. The summed E-state index contributed by atoms with van der Waals surface area (Å²) < 4.78 is 6.90. The number of nitrogens with one attached hydrogen (secondary N) is 1. The molecule has 1 fully saturated rings. The Morgan fingerprint density at radius 3 is 2.73 bits per heavy atom. The van der Waals surface area contributed by atoms with Crippen LogP contribution in [0.1, 0.15) is 55.2 Å². The number of methoxy groups -OCH3 is 1. The zero-order valence-electron chi connectivity index (χ0n) is 18.0. The molecule has 30 heavy (non-hydrogen) atoms. The van der Waals surface area contributed by atoms with Crippen molar-refractivity contribution in [2.75, 3.05) is 26.7 Å². The number of hydrogen-bond acceptors (Lipinski definition) is 5. The van der Waals surface area contributed by atoms with E-state index in [4.69, 9.17) is 4.74 Å². The van der Waals surface area contributed by atoms with Crippen LogP contribution in [0.5, 0.6) is 5.75 Å². The first-order valence-corrected chi connectivity index (χ1v) is 10.6. The summed E-state index contributed by atoms with van der Waals surface area (Å²) in [6, 6.07) is 7.86. The first-order valence-electron chi connectivity index (χ1n) is 10.6. The lowest BCUT2D eigenvalue weighted by Crippen LogP contribution is -2.41. The van der Waals surface area contributed by atoms with Gasteiger partial charge >= 0.3 is 0 Å². The van der Waals surface area contributed by atoms with E-state index in [-0.39, 0.29) is 17.9 Å². The van der Waals surface area contributed by atoms with E-state index in [0.29, 0.717) is 37.5 Å². The standard InChI is InChI=1S/C22H31N5O3/c1-16(2)13-23-22(29)20-15-27(25-24-20)18-5-4-12-26(14-18)21(28)11-8-17-6-9-19(30-3)10-7-17/h6-7,9-10,15-16,18H,4-5,8,11-14H2,1-3H3,(H,23,29)/t18-/m0/s1. The molecule has 2 aromatic rings. The Balaban J connectivity index is 1.53. The molecule has 0 aliphatic carbocycles. The topological polar surface area (TPSA) is 89.4 Å². The van der Waals surface area contributed by atoms with Gasteiger partial charge in [0.05, 0.1) is 19.3 Å². The van der Waals surface area contributed by atoms with Gasteiger partial charge in [-0.1, -0.05) is 31.2 Å². The van der Waals surface area contributed by atoms with Crippen LogP contribution in [-0.2, 0) is 11.2 Å². The van der Waals surface area contributed by atoms with E-state index < -0.39 is 0 Å². The van der Waals surface area contributed by atoms with Crippen LogP contribution >= 0.6 is 0 Å². The predicted molar refractivity (Wildman–Crippen MR) is 113 cm³/mol. The van der Waals surface area contributed by atoms with Gasteiger partial charge in [-0.05, 0) is 42.9 Å². The lowest BCUT2D eigenvalue weighted by atomic mass is 10.0. The van der Waals surface area contributed by atoms with Gasteiger partial charge in [0.15, 0.2) is 5.69 Å². The van der Waals surface area contributed by atoms with Crippen molar-refractivity contribution in [3.63, 3.8) is 0 Å². The molecule has 0 saturated carbocycles. The lowest BCUT2D eigenvalue weighted by Gasteiger charge is -2.32. The molecular formula is C22H31N5O3. The zero-order chi connectivity index (χ0) is 21.5. The second-order valence-electron chi connectivity index (χ2n) is 8.17. The van der Waals surface area contributed by atoms with Crippen molar-refractivity contribution >= 4 is 11.8 Å². The molecule has 1 saturated heterocycles. The second kappa shape index (κ2) is 10.2. The van der Waals surface area contributed by atoms with Crippen molar-refractivity contribution in [1.82, 2.24) is 25.2 Å². The summed E-state index contributed by atoms with van der Waals surface area (Å²) in [4.78, 5) is 26.8. The average Bonchev–Trinajstić information content (AvgIpc) is 3.26. The van der Waals surface area contributed by atoms with E-state index in [1.807, 2.05) is 43.0 Å². The van der Waals surface area contributed by atoms with Gasteiger partial charge in [0, 0.05) is 26.1 Å². The number of likely N-dealkylation sites (tertiary alicyclic amines) is 1.